The van der Waals surface area contributed by atoms with Crippen molar-refractivity contribution in [3.8, 4) is 28.1 Å². The van der Waals surface area contributed by atoms with E-state index in [0.29, 0.717) is 43.0 Å². The highest BCUT2D eigenvalue weighted by atomic mass is 19.4. The van der Waals surface area contributed by atoms with Gasteiger partial charge in [0.05, 0.1) is 30.8 Å². The Morgan fingerprint density at radius 1 is 0.818 bits per heavy atom. The van der Waals surface area contributed by atoms with Crippen molar-refractivity contribution in [3.05, 3.63) is 114 Å². The molecule has 44 heavy (non-hydrogen) atoms. The molecule has 4 heterocycles. The van der Waals surface area contributed by atoms with Crippen LogP contribution in [0.1, 0.15) is 26.4 Å². The van der Waals surface area contributed by atoms with Gasteiger partial charge in [-0.1, -0.05) is 24.3 Å². The topological polar surface area (TPSA) is 102 Å². The first-order valence-electron chi connectivity index (χ1n) is 13.7. The number of hydrogen-bond acceptors (Lipinski definition) is 6. The molecule has 1 fully saturated rings. The number of rotatable bonds is 6. The van der Waals surface area contributed by atoms with Crippen LogP contribution in [0, 0.1) is 0 Å². The maximum atomic E-state index is 13.8. The lowest BCUT2D eigenvalue weighted by Gasteiger charge is -2.26. The van der Waals surface area contributed by atoms with E-state index in [1.807, 2.05) is 18.2 Å². The van der Waals surface area contributed by atoms with Gasteiger partial charge < -0.3 is 15.0 Å². The van der Waals surface area contributed by atoms with Crippen LogP contribution in [0.2, 0.25) is 0 Å². The number of morpholine rings is 1. The van der Waals surface area contributed by atoms with Gasteiger partial charge in [-0.2, -0.15) is 18.3 Å². The third-order valence-corrected chi connectivity index (χ3v) is 7.08. The summed E-state index contributed by atoms with van der Waals surface area (Å²) in [6.07, 6.45) is -0.501. The van der Waals surface area contributed by atoms with Crippen molar-refractivity contribution < 1.29 is 27.5 Å². The molecule has 1 saturated heterocycles. The molecular weight excluding hydrogens is 573 g/mol. The predicted octanol–water partition coefficient (Wildman–Crippen LogP) is 5.74. The number of ether oxygens (including phenoxy) is 1. The number of amides is 2. The highest BCUT2D eigenvalue weighted by Gasteiger charge is 2.36. The summed E-state index contributed by atoms with van der Waals surface area (Å²) >= 11 is 0. The lowest BCUT2D eigenvalue weighted by Crippen LogP contribution is -2.40. The monoisotopic (exact) mass is 598 g/mol. The molecule has 0 saturated carbocycles. The van der Waals surface area contributed by atoms with Gasteiger partial charge in [0.25, 0.3) is 11.8 Å². The SMILES string of the molecule is O=C(Nc1ccc(-n2nc(-c3cccnc3)cc2C(F)(F)F)cn1)c1cccc(-c2ccc(C(=O)N3CCOCC3)cc2)c1. The van der Waals surface area contributed by atoms with E-state index in [9.17, 15) is 22.8 Å². The first-order valence-corrected chi connectivity index (χ1v) is 13.7. The summed E-state index contributed by atoms with van der Waals surface area (Å²) in [4.78, 5) is 35.6. The Morgan fingerprint density at radius 3 is 2.27 bits per heavy atom. The molecule has 12 heteroatoms. The Hall–Kier alpha value is -5.36. The highest BCUT2D eigenvalue weighted by Crippen LogP contribution is 2.34. The van der Waals surface area contributed by atoms with E-state index in [1.165, 1.54) is 30.7 Å². The molecule has 222 valence electrons. The molecule has 9 nitrogen and oxygen atoms in total. The number of nitrogens with zero attached hydrogens (tertiary/aromatic N) is 5. The first kappa shape index (κ1) is 28.7. The summed E-state index contributed by atoms with van der Waals surface area (Å²) in [7, 11) is 0. The molecule has 2 aromatic carbocycles. The number of alkyl halides is 3. The van der Waals surface area contributed by atoms with Crippen molar-refractivity contribution in [3.63, 3.8) is 0 Å². The van der Waals surface area contributed by atoms with E-state index in [2.05, 4.69) is 20.4 Å². The van der Waals surface area contributed by atoms with Crippen LogP contribution in [0.15, 0.2) is 97.5 Å². The molecule has 0 radical (unpaired) electrons. The number of carbonyl (C=O) groups excluding carboxylic acids is 2. The molecule has 0 aliphatic carbocycles. The molecular formula is C32H25F3N6O3. The Kier molecular flexibility index (Phi) is 7.90. The van der Waals surface area contributed by atoms with Gasteiger partial charge in [-0.05, 0) is 65.7 Å². The molecule has 0 atom stereocenters. The number of benzene rings is 2. The average Bonchev–Trinajstić information content (AvgIpc) is 3.52. The number of carbonyl (C=O) groups is 2. The highest BCUT2D eigenvalue weighted by molar-refractivity contribution is 6.04. The minimum absolute atomic E-state index is 0.0531. The smallest absolute Gasteiger partial charge is 0.378 e. The second kappa shape index (κ2) is 12.1. The van der Waals surface area contributed by atoms with Gasteiger partial charge in [-0.3, -0.25) is 14.6 Å². The average molecular weight is 599 g/mol. The van der Waals surface area contributed by atoms with E-state index >= 15 is 0 Å². The van der Waals surface area contributed by atoms with Gasteiger partial charge in [-0.25, -0.2) is 9.67 Å². The van der Waals surface area contributed by atoms with Crippen molar-refractivity contribution in [2.45, 2.75) is 6.18 Å². The molecule has 5 aromatic rings. The van der Waals surface area contributed by atoms with Crippen LogP contribution in [-0.4, -0.2) is 62.8 Å². The van der Waals surface area contributed by atoms with Crippen molar-refractivity contribution in [2.75, 3.05) is 31.6 Å². The molecule has 0 bridgehead atoms. The van der Waals surface area contributed by atoms with E-state index in [1.54, 1.807) is 47.4 Å². The predicted molar refractivity (Wildman–Crippen MR) is 156 cm³/mol. The van der Waals surface area contributed by atoms with Crippen molar-refractivity contribution in [1.29, 1.82) is 0 Å². The minimum Gasteiger partial charge on any atom is -0.378 e. The molecule has 1 N–H and O–H groups in total. The first-order chi connectivity index (χ1) is 21.3. The zero-order valence-electron chi connectivity index (χ0n) is 23.2. The fourth-order valence-corrected chi connectivity index (χ4v) is 4.80. The van der Waals surface area contributed by atoms with Crippen LogP contribution in [0.25, 0.3) is 28.1 Å². The maximum absolute atomic E-state index is 13.8. The Bertz CT molecular complexity index is 1780. The van der Waals surface area contributed by atoms with Crippen LogP contribution in [-0.2, 0) is 10.9 Å². The molecule has 0 unspecified atom stereocenters. The fourth-order valence-electron chi connectivity index (χ4n) is 4.80. The zero-order chi connectivity index (χ0) is 30.7. The van der Waals surface area contributed by atoms with Gasteiger partial charge >= 0.3 is 6.18 Å². The summed E-state index contributed by atoms with van der Waals surface area (Å²) in [5.41, 5.74) is 2.18. The molecule has 2 amide bonds. The van der Waals surface area contributed by atoms with E-state index in [-0.39, 0.29) is 23.1 Å². The fraction of sp³-hybridized carbons (Fsp3) is 0.156. The van der Waals surface area contributed by atoms with Gasteiger partial charge in [0, 0.05) is 42.2 Å². The van der Waals surface area contributed by atoms with Crippen molar-refractivity contribution in [2.24, 2.45) is 0 Å². The molecule has 1 aliphatic heterocycles. The van der Waals surface area contributed by atoms with Gasteiger partial charge in [0.2, 0.25) is 0 Å². The van der Waals surface area contributed by atoms with Crippen LogP contribution in [0.4, 0.5) is 19.0 Å². The summed E-state index contributed by atoms with van der Waals surface area (Å²) in [6.45, 7) is 2.16. The number of hydrogen-bond donors (Lipinski definition) is 1. The molecule has 3 aromatic heterocycles. The van der Waals surface area contributed by atoms with E-state index in [0.717, 1.165) is 21.9 Å². The zero-order valence-corrected chi connectivity index (χ0v) is 23.2. The molecule has 0 spiro atoms. The Balaban J connectivity index is 1.16. The molecule has 1 aliphatic rings. The third-order valence-electron chi connectivity index (χ3n) is 7.08. The van der Waals surface area contributed by atoms with Crippen LogP contribution >= 0.6 is 0 Å². The third kappa shape index (κ3) is 6.20. The van der Waals surface area contributed by atoms with Crippen molar-refractivity contribution in [1.82, 2.24) is 24.6 Å². The van der Waals surface area contributed by atoms with Gasteiger partial charge in [-0.15, -0.1) is 0 Å². The summed E-state index contributed by atoms with van der Waals surface area (Å²) in [5.74, 6) is -0.342. The second-order valence-electron chi connectivity index (χ2n) is 9.98. The largest absolute Gasteiger partial charge is 0.433 e. The maximum Gasteiger partial charge on any atom is 0.433 e. The summed E-state index contributed by atoms with van der Waals surface area (Å²) in [6, 6.07) is 21.1. The lowest BCUT2D eigenvalue weighted by molar-refractivity contribution is -0.142. The normalized spacial score (nSPS) is 13.5. The van der Waals surface area contributed by atoms with Crippen LogP contribution < -0.4 is 5.32 Å². The second-order valence-corrected chi connectivity index (χ2v) is 9.98. The van der Waals surface area contributed by atoms with E-state index < -0.39 is 17.8 Å². The number of anilines is 1. The number of nitrogens with one attached hydrogen (secondary N) is 1. The number of pyridine rings is 2. The minimum atomic E-state index is -4.66. The van der Waals surface area contributed by atoms with Gasteiger partial charge in [0.1, 0.15) is 11.5 Å². The standard InChI is InChI=1S/C32H25F3N6O3/c33-32(34,35)28-18-27(25-5-2-12-36-19-25)39-41(28)26-10-11-29(37-20-26)38-30(42)24-4-1-3-23(17-24)21-6-8-22(9-7-21)31(43)40-13-15-44-16-14-40/h1-12,17-20H,13-16H2,(H,37,38,42). The van der Waals surface area contributed by atoms with Crippen LogP contribution in [0.5, 0.6) is 0 Å². The Morgan fingerprint density at radius 2 is 1.59 bits per heavy atom. The quantitative estimate of drug-likeness (QED) is 0.268. The number of aromatic nitrogens is 4. The van der Waals surface area contributed by atoms with E-state index in [4.69, 9.17) is 4.74 Å². The lowest BCUT2D eigenvalue weighted by atomic mass is 10.0. The van der Waals surface area contributed by atoms with Gasteiger partial charge in [0.15, 0.2) is 0 Å². The molecule has 6 rings (SSSR count). The summed E-state index contributed by atoms with van der Waals surface area (Å²) in [5, 5.41) is 6.82. The van der Waals surface area contributed by atoms with Crippen molar-refractivity contribution >= 4 is 17.6 Å². The van der Waals surface area contributed by atoms with Crippen LogP contribution in [0.3, 0.4) is 0 Å². The summed E-state index contributed by atoms with van der Waals surface area (Å²) < 4.78 is 47.5. The Labute approximate surface area is 249 Å². The number of halogens is 3.